The first kappa shape index (κ1) is 18.0. The first-order chi connectivity index (χ1) is 9.21. The Bertz CT molecular complexity index is 309. The third-order valence-electron chi connectivity index (χ3n) is 3.54. The van der Waals surface area contributed by atoms with Gasteiger partial charge in [-0.3, -0.25) is 0 Å². The maximum absolute atomic E-state index is 5.21. The van der Waals surface area contributed by atoms with Crippen LogP contribution in [0, 0.1) is 5.92 Å². The number of hydrogen-bond donors (Lipinski definition) is 1. The van der Waals surface area contributed by atoms with Gasteiger partial charge in [-0.2, -0.15) is 0 Å². The van der Waals surface area contributed by atoms with Crippen LogP contribution in [-0.4, -0.2) is 12.2 Å². The van der Waals surface area contributed by atoms with Crippen molar-refractivity contribution >= 4 is 5.88 Å². The minimum absolute atomic E-state index is 0.555. The molecule has 0 amide bonds. The first-order valence-electron chi connectivity index (χ1n) is 7.85. The molecule has 1 rings (SSSR count). The fourth-order valence-electron chi connectivity index (χ4n) is 2.08. The normalized spacial score (nSPS) is 13.4. The van der Waals surface area contributed by atoms with Gasteiger partial charge in [0.2, 0.25) is 5.88 Å². The van der Waals surface area contributed by atoms with E-state index in [1.807, 2.05) is 27.0 Å². The van der Waals surface area contributed by atoms with Crippen molar-refractivity contribution in [1.29, 1.82) is 0 Å². The molecule has 2 unspecified atom stereocenters. The molecule has 0 saturated heterocycles. The predicted molar refractivity (Wildman–Crippen MR) is 83.7 cm³/mol. The second kappa shape index (κ2) is 10.9. The van der Waals surface area contributed by atoms with E-state index in [0.29, 0.717) is 5.92 Å². The minimum atomic E-state index is 0.555. The summed E-state index contributed by atoms with van der Waals surface area (Å²) in [5, 5.41) is 7.16. The highest BCUT2D eigenvalue weighted by atomic mass is 16.5. The lowest BCUT2D eigenvalue weighted by atomic mass is 9.90. The van der Waals surface area contributed by atoms with E-state index in [4.69, 9.17) is 4.52 Å². The number of anilines is 1. The van der Waals surface area contributed by atoms with Crippen molar-refractivity contribution in [2.24, 2.45) is 5.92 Å². The molecule has 19 heavy (non-hydrogen) atoms. The highest BCUT2D eigenvalue weighted by molar-refractivity contribution is 5.31. The number of hydrogen-bond acceptors (Lipinski definition) is 3. The lowest BCUT2D eigenvalue weighted by Gasteiger charge is -2.15. The molecular weight excluding hydrogens is 236 g/mol. The molecule has 3 nitrogen and oxygen atoms in total. The fraction of sp³-hybridized carbons (Fsp3) is 0.812. The zero-order valence-electron chi connectivity index (χ0n) is 13.6. The van der Waals surface area contributed by atoms with E-state index >= 15 is 0 Å². The van der Waals surface area contributed by atoms with Crippen molar-refractivity contribution in [1.82, 2.24) is 5.16 Å². The van der Waals surface area contributed by atoms with E-state index in [-0.39, 0.29) is 0 Å². The lowest BCUT2D eigenvalue weighted by Crippen LogP contribution is -2.02. The highest BCUT2D eigenvalue weighted by Crippen LogP contribution is 2.29. The molecule has 0 spiro atoms. The average Bonchev–Trinajstić information content (AvgIpc) is 2.94. The summed E-state index contributed by atoms with van der Waals surface area (Å²) in [7, 11) is 1.86. The topological polar surface area (TPSA) is 38.1 Å². The van der Waals surface area contributed by atoms with Crippen LogP contribution < -0.4 is 5.32 Å². The molecule has 0 aromatic carbocycles. The van der Waals surface area contributed by atoms with Gasteiger partial charge in [0.1, 0.15) is 0 Å². The number of nitrogens with one attached hydrogen (secondary N) is 1. The Kier molecular flexibility index (Phi) is 10.3. The number of aromatic nitrogens is 1. The van der Waals surface area contributed by atoms with Crippen LogP contribution in [0.2, 0.25) is 0 Å². The maximum Gasteiger partial charge on any atom is 0.224 e. The van der Waals surface area contributed by atoms with Gasteiger partial charge in [-0.1, -0.05) is 59.0 Å². The lowest BCUT2D eigenvalue weighted by molar-refractivity contribution is 0.394. The van der Waals surface area contributed by atoms with Crippen molar-refractivity contribution in [3.05, 3.63) is 11.8 Å². The summed E-state index contributed by atoms with van der Waals surface area (Å²) < 4.78 is 5.21. The number of nitrogens with zero attached hydrogens (tertiary/aromatic N) is 1. The van der Waals surface area contributed by atoms with E-state index in [0.717, 1.165) is 17.5 Å². The van der Waals surface area contributed by atoms with Gasteiger partial charge < -0.3 is 9.84 Å². The molecule has 0 saturated carbocycles. The van der Waals surface area contributed by atoms with Crippen LogP contribution in [0.5, 0.6) is 0 Å². The standard InChI is InChI=1S/C14H26N2O.C2H6/c1-5-7-12(9-8-11(3)6-2)13-10-14(15-4)17-16-13;1-2/h10-12,15H,5-9H2,1-4H3;1-2H3. The van der Waals surface area contributed by atoms with Gasteiger partial charge in [0.15, 0.2) is 0 Å². The molecule has 112 valence electrons. The van der Waals surface area contributed by atoms with Crippen molar-refractivity contribution in [3.63, 3.8) is 0 Å². The van der Waals surface area contributed by atoms with Gasteiger partial charge in [0.05, 0.1) is 5.69 Å². The SMILES string of the molecule is CC.CCCC(CCC(C)CC)c1cc(NC)on1. The largest absolute Gasteiger partial charge is 0.357 e. The summed E-state index contributed by atoms with van der Waals surface area (Å²) in [5.41, 5.74) is 1.11. The second-order valence-corrected chi connectivity index (χ2v) is 4.94. The molecule has 0 aliphatic carbocycles. The van der Waals surface area contributed by atoms with Crippen LogP contribution in [0.25, 0.3) is 0 Å². The van der Waals surface area contributed by atoms with Gasteiger partial charge >= 0.3 is 0 Å². The average molecular weight is 268 g/mol. The molecule has 2 atom stereocenters. The Balaban J connectivity index is 0.00000154. The van der Waals surface area contributed by atoms with E-state index in [1.165, 1.54) is 32.1 Å². The second-order valence-electron chi connectivity index (χ2n) is 4.94. The maximum atomic E-state index is 5.21. The smallest absolute Gasteiger partial charge is 0.224 e. The Morgan fingerprint density at radius 3 is 2.37 bits per heavy atom. The predicted octanol–water partition coefficient (Wildman–Crippen LogP) is 5.45. The molecule has 0 aliphatic heterocycles. The monoisotopic (exact) mass is 268 g/mol. The molecular formula is C16H32N2O. The van der Waals surface area contributed by atoms with Crippen molar-refractivity contribution in [2.75, 3.05) is 12.4 Å². The molecule has 0 aliphatic rings. The zero-order chi connectivity index (χ0) is 14.7. The zero-order valence-corrected chi connectivity index (χ0v) is 13.6. The van der Waals surface area contributed by atoms with Crippen molar-refractivity contribution in [3.8, 4) is 0 Å². The third-order valence-corrected chi connectivity index (χ3v) is 3.54. The van der Waals surface area contributed by atoms with Crippen molar-refractivity contribution in [2.45, 2.75) is 72.6 Å². The Hall–Kier alpha value is -0.990. The van der Waals surface area contributed by atoms with Gasteiger partial charge in [0, 0.05) is 19.0 Å². The Morgan fingerprint density at radius 1 is 1.21 bits per heavy atom. The molecule has 1 N–H and O–H groups in total. The summed E-state index contributed by atoms with van der Waals surface area (Å²) in [4.78, 5) is 0. The molecule has 1 aromatic rings. The van der Waals surface area contributed by atoms with Crippen LogP contribution in [0.1, 0.15) is 78.3 Å². The van der Waals surface area contributed by atoms with Gasteiger partial charge in [-0.05, 0) is 18.8 Å². The van der Waals surface area contributed by atoms with Crippen LogP contribution in [0.4, 0.5) is 5.88 Å². The van der Waals surface area contributed by atoms with E-state index in [9.17, 15) is 0 Å². The van der Waals surface area contributed by atoms with E-state index in [2.05, 4.69) is 31.2 Å². The molecule has 1 aromatic heterocycles. The van der Waals surface area contributed by atoms with Crippen LogP contribution in [-0.2, 0) is 0 Å². The Morgan fingerprint density at radius 2 is 1.89 bits per heavy atom. The van der Waals surface area contributed by atoms with Crippen LogP contribution in [0.15, 0.2) is 10.6 Å². The van der Waals surface area contributed by atoms with E-state index in [1.54, 1.807) is 0 Å². The highest BCUT2D eigenvalue weighted by Gasteiger charge is 2.16. The summed E-state index contributed by atoms with van der Waals surface area (Å²) in [6, 6.07) is 2.04. The third kappa shape index (κ3) is 6.65. The number of rotatable bonds is 8. The first-order valence-corrected chi connectivity index (χ1v) is 7.85. The van der Waals surface area contributed by atoms with Gasteiger partial charge in [-0.15, -0.1) is 0 Å². The van der Waals surface area contributed by atoms with E-state index < -0.39 is 0 Å². The Labute approximate surface area is 119 Å². The minimum Gasteiger partial charge on any atom is -0.357 e. The molecule has 0 radical (unpaired) electrons. The summed E-state index contributed by atoms with van der Waals surface area (Å²) in [6.45, 7) is 10.8. The van der Waals surface area contributed by atoms with Gasteiger partial charge in [-0.25, -0.2) is 0 Å². The molecule has 3 heteroatoms. The summed E-state index contributed by atoms with van der Waals surface area (Å²) in [5.74, 6) is 2.13. The molecule has 0 bridgehead atoms. The summed E-state index contributed by atoms with van der Waals surface area (Å²) in [6.07, 6.45) is 6.17. The fourth-order valence-corrected chi connectivity index (χ4v) is 2.08. The quantitative estimate of drug-likeness (QED) is 0.681. The van der Waals surface area contributed by atoms with Crippen LogP contribution >= 0.6 is 0 Å². The molecule has 1 heterocycles. The van der Waals surface area contributed by atoms with Crippen molar-refractivity contribution < 1.29 is 4.52 Å². The molecule has 0 fully saturated rings. The summed E-state index contributed by atoms with van der Waals surface area (Å²) >= 11 is 0. The van der Waals surface area contributed by atoms with Gasteiger partial charge in [0.25, 0.3) is 0 Å². The van der Waals surface area contributed by atoms with Crippen LogP contribution in [0.3, 0.4) is 0 Å².